The molecule has 0 radical (unpaired) electrons. The van der Waals surface area contributed by atoms with Gasteiger partial charge in [-0.15, -0.1) is 0 Å². The summed E-state index contributed by atoms with van der Waals surface area (Å²) in [7, 11) is 0. The summed E-state index contributed by atoms with van der Waals surface area (Å²) in [6.45, 7) is 9.43. The van der Waals surface area contributed by atoms with Crippen LogP contribution in [0.4, 0.5) is 5.69 Å². The van der Waals surface area contributed by atoms with Crippen LogP contribution in [0, 0.1) is 0 Å². The van der Waals surface area contributed by atoms with E-state index >= 15 is 0 Å². The van der Waals surface area contributed by atoms with Gasteiger partial charge < -0.3 is 20.6 Å². The lowest BCUT2D eigenvalue weighted by molar-refractivity contribution is -0.162. The van der Waals surface area contributed by atoms with Crippen LogP contribution in [0.25, 0.3) is 11.1 Å². The highest BCUT2D eigenvalue weighted by Crippen LogP contribution is 2.36. The van der Waals surface area contributed by atoms with Gasteiger partial charge in [0.05, 0.1) is 18.2 Å². The molecule has 2 aliphatic rings. The van der Waals surface area contributed by atoms with Gasteiger partial charge in [-0.2, -0.15) is 5.10 Å². The molecule has 0 aromatic heterocycles. The SMILES string of the molecule is CC(C)(C)OC(=O)CC1(O)CCC(N2CCN(c3ccc(C=NN)cc3-c3ccccc3)CC2)CC1. The van der Waals surface area contributed by atoms with Gasteiger partial charge in [-0.05, 0) is 69.7 Å². The fourth-order valence-electron chi connectivity index (χ4n) is 5.50. The van der Waals surface area contributed by atoms with E-state index in [0.717, 1.165) is 44.6 Å². The normalized spacial score (nSPS) is 23.7. The second-order valence-electron chi connectivity index (χ2n) is 11.2. The average molecular weight is 493 g/mol. The first-order valence-corrected chi connectivity index (χ1v) is 13.0. The Hall–Kier alpha value is -2.90. The number of esters is 1. The van der Waals surface area contributed by atoms with Gasteiger partial charge in [0.1, 0.15) is 5.60 Å². The van der Waals surface area contributed by atoms with Gasteiger partial charge >= 0.3 is 5.97 Å². The van der Waals surface area contributed by atoms with Crippen LogP contribution in [0.2, 0.25) is 0 Å². The van der Waals surface area contributed by atoms with E-state index < -0.39 is 11.2 Å². The van der Waals surface area contributed by atoms with Crippen molar-refractivity contribution in [3.63, 3.8) is 0 Å². The van der Waals surface area contributed by atoms with E-state index in [1.54, 1.807) is 6.21 Å². The molecule has 1 aliphatic carbocycles. The fraction of sp³-hybridized carbons (Fsp3) is 0.517. The van der Waals surface area contributed by atoms with Gasteiger partial charge in [0.25, 0.3) is 0 Å². The zero-order valence-corrected chi connectivity index (χ0v) is 21.8. The summed E-state index contributed by atoms with van der Waals surface area (Å²) in [5.41, 5.74) is 3.11. The number of nitrogens with zero attached hydrogens (tertiary/aromatic N) is 3. The quantitative estimate of drug-likeness (QED) is 0.272. The van der Waals surface area contributed by atoms with Gasteiger partial charge in [0.15, 0.2) is 0 Å². The summed E-state index contributed by atoms with van der Waals surface area (Å²) in [5, 5.41) is 14.7. The molecule has 1 heterocycles. The minimum absolute atomic E-state index is 0.0812. The number of hydrazone groups is 1. The number of ether oxygens (including phenoxy) is 1. The second kappa shape index (κ2) is 11.0. The van der Waals surface area contributed by atoms with Gasteiger partial charge in [-0.25, -0.2) is 0 Å². The zero-order chi connectivity index (χ0) is 25.8. The topological polar surface area (TPSA) is 91.4 Å². The molecule has 0 atom stereocenters. The molecule has 194 valence electrons. The maximum Gasteiger partial charge on any atom is 0.309 e. The molecule has 7 heteroatoms. The number of hydrogen-bond donors (Lipinski definition) is 2. The van der Waals surface area contributed by atoms with Crippen LogP contribution in [-0.4, -0.2) is 65.6 Å². The van der Waals surface area contributed by atoms with Crippen molar-refractivity contribution in [2.45, 2.75) is 70.1 Å². The summed E-state index contributed by atoms with van der Waals surface area (Å²) in [6, 6.07) is 17.3. The molecule has 0 unspecified atom stereocenters. The van der Waals surface area contributed by atoms with Crippen molar-refractivity contribution in [3.8, 4) is 11.1 Å². The number of carbonyl (C=O) groups is 1. The van der Waals surface area contributed by atoms with E-state index in [1.807, 2.05) is 26.8 Å². The Morgan fingerprint density at radius 3 is 2.39 bits per heavy atom. The van der Waals surface area contributed by atoms with E-state index in [2.05, 4.69) is 57.4 Å². The molecule has 2 fully saturated rings. The molecule has 2 aromatic rings. The molecule has 1 saturated carbocycles. The molecule has 0 bridgehead atoms. The van der Waals surface area contributed by atoms with Crippen molar-refractivity contribution in [3.05, 3.63) is 54.1 Å². The molecule has 4 rings (SSSR count). The van der Waals surface area contributed by atoms with E-state index in [0.29, 0.717) is 18.9 Å². The first-order chi connectivity index (χ1) is 17.2. The number of hydrogen-bond acceptors (Lipinski definition) is 7. The standard InChI is InChI=1S/C29H40N4O3/c1-28(2,3)36-27(34)20-29(35)13-11-24(12-14-29)32-15-17-33(18-16-32)26-10-9-22(21-31-30)19-25(26)23-7-5-4-6-8-23/h4-10,19,21,24,35H,11-18,20,30H2,1-3H3. The predicted molar refractivity (Wildman–Crippen MR) is 145 cm³/mol. The molecular formula is C29H40N4O3. The summed E-state index contributed by atoms with van der Waals surface area (Å²) in [4.78, 5) is 17.3. The molecule has 0 amide bonds. The zero-order valence-electron chi connectivity index (χ0n) is 21.8. The van der Waals surface area contributed by atoms with Gasteiger partial charge in [-0.1, -0.05) is 36.4 Å². The van der Waals surface area contributed by atoms with Crippen LogP contribution < -0.4 is 10.7 Å². The minimum Gasteiger partial charge on any atom is -0.460 e. The van der Waals surface area contributed by atoms with Crippen LogP contribution in [0.3, 0.4) is 0 Å². The lowest BCUT2D eigenvalue weighted by atomic mass is 9.79. The summed E-state index contributed by atoms with van der Waals surface area (Å²) in [5.74, 6) is 5.09. The third-order valence-corrected chi connectivity index (χ3v) is 7.28. The molecule has 1 aliphatic heterocycles. The number of carbonyl (C=O) groups excluding carboxylic acids is 1. The minimum atomic E-state index is -0.945. The Morgan fingerprint density at radius 1 is 1.11 bits per heavy atom. The van der Waals surface area contributed by atoms with Crippen molar-refractivity contribution in [1.82, 2.24) is 4.90 Å². The summed E-state index contributed by atoms with van der Waals surface area (Å²) >= 11 is 0. The van der Waals surface area contributed by atoms with Crippen molar-refractivity contribution >= 4 is 17.9 Å². The van der Waals surface area contributed by atoms with Crippen LogP contribution >= 0.6 is 0 Å². The number of nitrogens with two attached hydrogens (primary N) is 1. The fourth-order valence-corrected chi connectivity index (χ4v) is 5.50. The average Bonchev–Trinajstić information content (AvgIpc) is 2.84. The number of benzene rings is 2. The highest BCUT2D eigenvalue weighted by Gasteiger charge is 2.38. The van der Waals surface area contributed by atoms with E-state index in [1.165, 1.54) is 16.8 Å². The molecule has 1 saturated heterocycles. The molecule has 3 N–H and O–H groups in total. The van der Waals surface area contributed by atoms with Crippen LogP contribution in [0.15, 0.2) is 53.6 Å². The Labute approximate surface area is 214 Å². The first-order valence-electron chi connectivity index (χ1n) is 13.0. The predicted octanol–water partition coefficient (Wildman–Crippen LogP) is 4.17. The van der Waals surface area contributed by atoms with Gasteiger partial charge in [0, 0.05) is 43.5 Å². The maximum absolute atomic E-state index is 12.3. The number of piperazine rings is 1. The Balaban J connectivity index is 1.36. The maximum atomic E-state index is 12.3. The highest BCUT2D eigenvalue weighted by atomic mass is 16.6. The van der Waals surface area contributed by atoms with E-state index in [-0.39, 0.29) is 12.4 Å². The van der Waals surface area contributed by atoms with Crippen LogP contribution in [0.1, 0.15) is 58.4 Å². The van der Waals surface area contributed by atoms with Crippen molar-refractivity contribution in [1.29, 1.82) is 0 Å². The van der Waals surface area contributed by atoms with Crippen molar-refractivity contribution in [2.24, 2.45) is 10.9 Å². The van der Waals surface area contributed by atoms with Crippen LogP contribution in [-0.2, 0) is 9.53 Å². The lowest BCUT2D eigenvalue weighted by Gasteiger charge is -2.44. The van der Waals surface area contributed by atoms with Crippen molar-refractivity contribution in [2.75, 3.05) is 31.1 Å². The summed E-state index contributed by atoms with van der Waals surface area (Å²) in [6.07, 6.45) is 4.85. The third-order valence-electron chi connectivity index (χ3n) is 7.28. The Morgan fingerprint density at radius 2 is 1.78 bits per heavy atom. The third kappa shape index (κ3) is 6.65. The monoisotopic (exact) mass is 492 g/mol. The van der Waals surface area contributed by atoms with E-state index in [4.69, 9.17) is 10.6 Å². The van der Waals surface area contributed by atoms with Gasteiger partial charge in [-0.3, -0.25) is 9.69 Å². The molecule has 2 aromatic carbocycles. The molecule has 7 nitrogen and oxygen atoms in total. The van der Waals surface area contributed by atoms with Crippen molar-refractivity contribution < 1.29 is 14.6 Å². The second-order valence-corrected chi connectivity index (χ2v) is 11.2. The van der Waals surface area contributed by atoms with E-state index in [9.17, 15) is 9.90 Å². The largest absolute Gasteiger partial charge is 0.460 e. The number of rotatable bonds is 6. The number of aliphatic hydroxyl groups is 1. The summed E-state index contributed by atoms with van der Waals surface area (Å²) < 4.78 is 5.44. The smallest absolute Gasteiger partial charge is 0.309 e. The lowest BCUT2D eigenvalue weighted by Crippen LogP contribution is -2.53. The first kappa shape index (κ1) is 26.2. The molecule has 0 spiro atoms. The molecule has 36 heavy (non-hydrogen) atoms. The Bertz CT molecular complexity index is 1050. The Kier molecular flexibility index (Phi) is 8.00. The number of anilines is 1. The molecular weight excluding hydrogens is 452 g/mol. The highest BCUT2D eigenvalue weighted by molar-refractivity contribution is 5.87. The van der Waals surface area contributed by atoms with Crippen LogP contribution in [0.5, 0.6) is 0 Å². The van der Waals surface area contributed by atoms with Gasteiger partial charge in [0.2, 0.25) is 0 Å².